The van der Waals surface area contributed by atoms with Crippen molar-refractivity contribution < 1.29 is 14.1 Å². The number of aromatic nitrogens is 2. The first kappa shape index (κ1) is 14.2. The number of hydrogen-bond donors (Lipinski definition) is 0. The maximum Gasteiger partial charge on any atom is 0.237 e. The van der Waals surface area contributed by atoms with E-state index in [1.54, 1.807) is 0 Å². The third kappa shape index (κ3) is 3.03. The molecule has 106 valence electrons. The van der Waals surface area contributed by atoms with Gasteiger partial charge in [-0.2, -0.15) is 4.98 Å². The third-order valence-electron chi connectivity index (χ3n) is 3.41. The molecule has 2 unspecified atom stereocenters. The van der Waals surface area contributed by atoms with Crippen LogP contribution >= 0.6 is 0 Å². The zero-order valence-corrected chi connectivity index (χ0v) is 12.1. The molecule has 19 heavy (non-hydrogen) atoms. The standard InChI is InChI=1S/C14H22N2O3/c1-5-18-11(14(2,3)4)12-15-13(19-16-12)9-7-6-8-10(9)17/h9,11H,5-8H2,1-4H3. The largest absolute Gasteiger partial charge is 0.370 e. The monoisotopic (exact) mass is 266 g/mol. The summed E-state index contributed by atoms with van der Waals surface area (Å²) in [5.41, 5.74) is -0.114. The van der Waals surface area contributed by atoms with E-state index in [1.807, 2.05) is 6.92 Å². The molecule has 0 bridgehead atoms. The number of nitrogens with zero attached hydrogens (tertiary/aromatic N) is 2. The quantitative estimate of drug-likeness (QED) is 0.838. The van der Waals surface area contributed by atoms with Crippen LogP contribution in [0.25, 0.3) is 0 Å². The normalized spacial score (nSPS) is 21.9. The molecule has 0 N–H and O–H groups in total. The lowest BCUT2D eigenvalue weighted by molar-refractivity contribution is -0.119. The first-order valence-electron chi connectivity index (χ1n) is 6.91. The van der Waals surface area contributed by atoms with Gasteiger partial charge in [0.05, 0.1) is 5.92 Å². The van der Waals surface area contributed by atoms with Crippen LogP contribution in [-0.2, 0) is 9.53 Å². The number of ether oxygens (including phenoxy) is 1. The lowest BCUT2D eigenvalue weighted by Crippen LogP contribution is -2.22. The molecule has 1 aliphatic rings. The summed E-state index contributed by atoms with van der Waals surface area (Å²) >= 11 is 0. The van der Waals surface area contributed by atoms with Crippen LogP contribution in [0.4, 0.5) is 0 Å². The highest BCUT2D eigenvalue weighted by Gasteiger charge is 2.35. The van der Waals surface area contributed by atoms with Crippen LogP contribution in [0.15, 0.2) is 4.52 Å². The Balaban J connectivity index is 2.21. The third-order valence-corrected chi connectivity index (χ3v) is 3.41. The molecule has 5 heteroatoms. The molecular formula is C14H22N2O3. The van der Waals surface area contributed by atoms with Crippen molar-refractivity contribution in [3.8, 4) is 0 Å². The van der Waals surface area contributed by atoms with Crippen molar-refractivity contribution >= 4 is 5.78 Å². The Kier molecular flexibility index (Phi) is 4.04. The van der Waals surface area contributed by atoms with Crippen molar-refractivity contribution in [2.45, 2.75) is 59.0 Å². The van der Waals surface area contributed by atoms with Gasteiger partial charge in [-0.1, -0.05) is 25.9 Å². The van der Waals surface area contributed by atoms with Gasteiger partial charge >= 0.3 is 0 Å². The fourth-order valence-corrected chi connectivity index (χ4v) is 2.45. The molecule has 1 aromatic heterocycles. The summed E-state index contributed by atoms with van der Waals surface area (Å²) in [6, 6.07) is 0. The minimum atomic E-state index is -0.216. The van der Waals surface area contributed by atoms with Gasteiger partial charge < -0.3 is 9.26 Å². The maximum atomic E-state index is 11.7. The number of rotatable bonds is 4. The second-order valence-corrected chi connectivity index (χ2v) is 6.10. The predicted octanol–water partition coefficient (Wildman–Crippen LogP) is 3.03. The minimum absolute atomic E-state index is 0.114. The summed E-state index contributed by atoms with van der Waals surface area (Å²) < 4.78 is 11.0. The molecule has 1 heterocycles. The number of carbonyl (C=O) groups excluding carboxylic acids is 1. The van der Waals surface area contributed by atoms with Gasteiger partial charge in [0.15, 0.2) is 0 Å². The van der Waals surface area contributed by atoms with Gasteiger partial charge in [-0.3, -0.25) is 4.79 Å². The van der Waals surface area contributed by atoms with E-state index in [2.05, 4.69) is 30.9 Å². The fourth-order valence-electron chi connectivity index (χ4n) is 2.45. The zero-order chi connectivity index (χ0) is 14.0. The van der Waals surface area contributed by atoms with Gasteiger partial charge in [-0.15, -0.1) is 0 Å². The van der Waals surface area contributed by atoms with Crippen molar-refractivity contribution in [1.29, 1.82) is 0 Å². The summed E-state index contributed by atoms with van der Waals surface area (Å²) in [5.74, 6) is 0.998. The summed E-state index contributed by atoms with van der Waals surface area (Å²) in [4.78, 5) is 16.1. The van der Waals surface area contributed by atoms with E-state index >= 15 is 0 Å². The maximum absolute atomic E-state index is 11.7. The van der Waals surface area contributed by atoms with E-state index < -0.39 is 0 Å². The number of carbonyl (C=O) groups is 1. The Hall–Kier alpha value is -1.23. The van der Waals surface area contributed by atoms with Crippen LogP contribution in [0, 0.1) is 5.41 Å². The molecule has 2 atom stereocenters. The Morgan fingerprint density at radius 1 is 1.47 bits per heavy atom. The summed E-state index contributed by atoms with van der Waals surface area (Å²) in [5, 5.41) is 4.02. The Bertz CT molecular complexity index is 448. The molecule has 0 aliphatic heterocycles. The SMILES string of the molecule is CCOC(c1noc(C2CCCC2=O)n1)C(C)(C)C. The second-order valence-electron chi connectivity index (χ2n) is 6.10. The Morgan fingerprint density at radius 2 is 2.21 bits per heavy atom. The van der Waals surface area contributed by atoms with E-state index in [0.29, 0.717) is 24.7 Å². The zero-order valence-electron chi connectivity index (χ0n) is 12.1. The van der Waals surface area contributed by atoms with Crippen LogP contribution in [0.2, 0.25) is 0 Å². The van der Waals surface area contributed by atoms with Crippen LogP contribution < -0.4 is 0 Å². The highest BCUT2D eigenvalue weighted by atomic mass is 16.5. The first-order valence-corrected chi connectivity index (χ1v) is 6.91. The summed E-state index contributed by atoms with van der Waals surface area (Å²) in [6.07, 6.45) is 2.13. The highest BCUT2D eigenvalue weighted by Crippen LogP contribution is 2.36. The van der Waals surface area contributed by atoms with E-state index in [1.165, 1.54) is 0 Å². The molecule has 1 saturated carbocycles. The molecule has 0 aromatic carbocycles. The molecule has 1 aromatic rings. The molecular weight excluding hydrogens is 244 g/mol. The molecule has 1 fully saturated rings. The first-order chi connectivity index (χ1) is 8.93. The topological polar surface area (TPSA) is 65.2 Å². The summed E-state index contributed by atoms with van der Waals surface area (Å²) in [6.45, 7) is 8.76. The number of hydrogen-bond acceptors (Lipinski definition) is 5. The van der Waals surface area contributed by atoms with Crippen molar-refractivity contribution in [2.75, 3.05) is 6.61 Å². The molecule has 0 amide bonds. The van der Waals surface area contributed by atoms with Crippen molar-refractivity contribution in [1.82, 2.24) is 10.1 Å². The van der Waals surface area contributed by atoms with E-state index in [-0.39, 0.29) is 23.2 Å². The van der Waals surface area contributed by atoms with E-state index in [4.69, 9.17) is 9.26 Å². The number of ketones is 1. The molecule has 5 nitrogen and oxygen atoms in total. The van der Waals surface area contributed by atoms with E-state index in [0.717, 1.165) is 12.8 Å². The average Bonchev–Trinajstić information content (AvgIpc) is 2.92. The van der Waals surface area contributed by atoms with Crippen LogP contribution in [-0.4, -0.2) is 22.5 Å². The second kappa shape index (κ2) is 5.41. The Labute approximate surface area is 113 Å². The molecule has 2 rings (SSSR count). The van der Waals surface area contributed by atoms with Crippen molar-refractivity contribution in [3.05, 3.63) is 11.7 Å². The molecule has 1 aliphatic carbocycles. The highest BCUT2D eigenvalue weighted by molar-refractivity contribution is 5.86. The van der Waals surface area contributed by atoms with E-state index in [9.17, 15) is 4.79 Å². The lowest BCUT2D eigenvalue weighted by Gasteiger charge is -2.27. The smallest absolute Gasteiger partial charge is 0.237 e. The molecule has 0 radical (unpaired) electrons. The Morgan fingerprint density at radius 3 is 2.74 bits per heavy atom. The van der Waals surface area contributed by atoms with Crippen molar-refractivity contribution in [2.24, 2.45) is 5.41 Å². The minimum Gasteiger partial charge on any atom is -0.370 e. The van der Waals surface area contributed by atoms with Gasteiger partial charge in [0.1, 0.15) is 11.9 Å². The van der Waals surface area contributed by atoms with Gasteiger partial charge in [0.2, 0.25) is 11.7 Å². The molecule has 0 saturated heterocycles. The van der Waals surface area contributed by atoms with Crippen molar-refractivity contribution in [3.63, 3.8) is 0 Å². The predicted molar refractivity (Wildman–Crippen MR) is 69.7 cm³/mol. The number of Topliss-reactive ketones (excluding diaryl/α,β-unsaturated/α-hetero) is 1. The van der Waals surface area contributed by atoms with Gasteiger partial charge in [0.25, 0.3) is 0 Å². The van der Waals surface area contributed by atoms with Crippen LogP contribution in [0.3, 0.4) is 0 Å². The van der Waals surface area contributed by atoms with Gasteiger partial charge in [-0.25, -0.2) is 0 Å². The summed E-state index contributed by atoms with van der Waals surface area (Å²) in [7, 11) is 0. The molecule has 0 spiro atoms. The van der Waals surface area contributed by atoms with Gasteiger partial charge in [-0.05, 0) is 25.2 Å². The average molecular weight is 266 g/mol. The van der Waals surface area contributed by atoms with Gasteiger partial charge in [0, 0.05) is 13.0 Å². The van der Waals surface area contributed by atoms with Crippen LogP contribution in [0.5, 0.6) is 0 Å². The lowest BCUT2D eigenvalue weighted by atomic mass is 9.88. The fraction of sp³-hybridized carbons (Fsp3) is 0.786. The van der Waals surface area contributed by atoms with Crippen LogP contribution in [0.1, 0.15) is 70.7 Å².